The molecule has 0 atom stereocenters. The molecule has 3 rings (SSSR count). The summed E-state index contributed by atoms with van der Waals surface area (Å²) >= 11 is 6.11. The Hall–Kier alpha value is -2.73. The van der Waals surface area contributed by atoms with Gasteiger partial charge in [-0.05, 0) is 56.0 Å². The zero-order chi connectivity index (χ0) is 20.1. The van der Waals surface area contributed by atoms with Crippen LogP contribution in [0.5, 0.6) is 5.75 Å². The van der Waals surface area contributed by atoms with Crippen LogP contribution >= 0.6 is 11.6 Å². The molecule has 2 aromatic rings. The Balaban J connectivity index is 1.48. The molecular formula is C21H24ClN3O3. The highest BCUT2D eigenvalue weighted by Gasteiger charge is 2.24. The van der Waals surface area contributed by atoms with Crippen molar-refractivity contribution in [1.82, 2.24) is 10.6 Å². The van der Waals surface area contributed by atoms with Gasteiger partial charge in [-0.2, -0.15) is 0 Å². The molecule has 0 spiro atoms. The number of ether oxygens (including phenoxy) is 1. The lowest BCUT2D eigenvalue weighted by Crippen LogP contribution is -2.32. The summed E-state index contributed by atoms with van der Waals surface area (Å²) in [7, 11) is 0. The molecule has 3 N–H and O–H groups in total. The number of hydrogen-bond donors (Lipinski definition) is 3. The minimum Gasteiger partial charge on any atom is -0.491 e. The highest BCUT2D eigenvalue weighted by atomic mass is 35.5. The van der Waals surface area contributed by atoms with E-state index in [1.165, 1.54) is 0 Å². The highest BCUT2D eigenvalue weighted by Crippen LogP contribution is 2.24. The molecule has 0 unspecified atom stereocenters. The van der Waals surface area contributed by atoms with E-state index in [4.69, 9.17) is 16.3 Å². The predicted octanol–water partition coefficient (Wildman–Crippen LogP) is 4.05. The molecule has 3 amide bonds. The largest absolute Gasteiger partial charge is 0.491 e. The van der Waals surface area contributed by atoms with Gasteiger partial charge < -0.3 is 20.7 Å². The highest BCUT2D eigenvalue weighted by molar-refractivity contribution is 6.34. The molecule has 6 nitrogen and oxygen atoms in total. The maximum atomic E-state index is 12.2. The van der Waals surface area contributed by atoms with E-state index < -0.39 is 0 Å². The predicted molar refractivity (Wildman–Crippen MR) is 110 cm³/mol. The van der Waals surface area contributed by atoms with Crippen molar-refractivity contribution in [3.63, 3.8) is 0 Å². The van der Waals surface area contributed by atoms with Crippen molar-refractivity contribution in [2.75, 3.05) is 18.5 Å². The second kappa shape index (κ2) is 8.97. The van der Waals surface area contributed by atoms with Crippen molar-refractivity contribution in [2.24, 2.45) is 0 Å². The first-order valence-electron chi connectivity index (χ1n) is 9.28. The number of aryl methyl sites for hydroxylation is 2. The van der Waals surface area contributed by atoms with E-state index in [-0.39, 0.29) is 18.0 Å². The molecule has 0 heterocycles. The van der Waals surface area contributed by atoms with Gasteiger partial charge >= 0.3 is 6.03 Å². The van der Waals surface area contributed by atoms with E-state index >= 15 is 0 Å². The van der Waals surface area contributed by atoms with Gasteiger partial charge in [0, 0.05) is 11.7 Å². The fourth-order valence-corrected chi connectivity index (χ4v) is 2.99. The second-order valence-corrected chi connectivity index (χ2v) is 7.30. The second-order valence-electron chi connectivity index (χ2n) is 6.89. The van der Waals surface area contributed by atoms with Crippen LogP contribution in [0.2, 0.25) is 5.02 Å². The van der Waals surface area contributed by atoms with Gasteiger partial charge in [0.25, 0.3) is 5.91 Å². The first-order chi connectivity index (χ1) is 13.4. The molecule has 0 radical (unpaired) electrons. The molecule has 0 saturated heterocycles. The van der Waals surface area contributed by atoms with E-state index in [1.54, 1.807) is 18.2 Å². The number of amides is 3. The SMILES string of the molecule is Cc1cccc(C)c1OCCNC(=O)Nc1ccc(Cl)c(C(=O)NC2CC2)c1. The number of hydrogen-bond acceptors (Lipinski definition) is 3. The molecule has 0 aromatic heterocycles. The van der Waals surface area contributed by atoms with Crippen molar-refractivity contribution >= 4 is 29.2 Å². The van der Waals surface area contributed by atoms with E-state index in [2.05, 4.69) is 16.0 Å². The van der Waals surface area contributed by atoms with Crippen LogP contribution in [0.4, 0.5) is 10.5 Å². The van der Waals surface area contributed by atoms with Crippen molar-refractivity contribution in [1.29, 1.82) is 0 Å². The number of carbonyl (C=O) groups excluding carboxylic acids is 2. The van der Waals surface area contributed by atoms with Crippen LogP contribution in [0.25, 0.3) is 0 Å². The summed E-state index contributed by atoms with van der Waals surface area (Å²) in [4.78, 5) is 24.3. The van der Waals surface area contributed by atoms with Gasteiger partial charge in [-0.15, -0.1) is 0 Å². The average molecular weight is 402 g/mol. The van der Waals surface area contributed by atoms with E-state index in [0.717, 1.165) is 29.7 Å². The Bertz CT molecular complexity index is 861. The molecule has 148 valence electrons. The molecule has 1 aliphatic rings. The van der Waals surface area contributed by atoms with Crippen LogP contribution in [-0.2, 0) is 0 Å². The van der Waals surface area contributed by atoms with Crippen molar-refractivity contribution in [2.45, 2.75) is 32.7 Å². The monoisotopic (exact) mass is 401 g/mol. The third kappa shape index (κ3) is 5.39. The Morgan fingerprint density at radius 1 is 1.14 bits per heavy atom. The van der Waals surface area contributed by atoms with Crippen LogP contribution in [-0.4, -0.2) is 31.1 Å². The minimum absolute atomic E-state index is 0.224. The van der Waals surface area contributed by atoms with Gasteiger partial charge in [-0.25, -0.2) is 4.79 Å². The minimum atomic E-state index is -0.374. The van der Waals surface area contributed by atoms with Crippen molar-refractivity contribution in [3.05, 3.63) is 58.1 Å². The lowest BCUT2D eigenvalue weighted by molar-refractivity contribution is 0.0951. The number of nitrogens with one attached hydrogen (secondary N) is 3. The molecule has 1 saturated carbocycles. The van der Waals surface area contributed by atoms with Gasteiger partial charge in [0.15, 0.2) is 0 Å². The number of para-hydroxylation sites is 1. The average Bonchev–Trinajstić information content (AvgIpc) is 3.46. The van der Waals surface area contributed by atoms with Crippen molar-refractivity contribution < 1.29 is 14.3 Å². The summed E-state index contributed by atoms with van der Waals surface area (Å²) in [6.45, 7) is 4.68. The van der Waals surface area contributed by atoms with Gasteiger partial charge in [0.2, 0.25) is 0 Å². The fourth-order valence-electron chi connectivity index (χ4n) is 2.79. The van der Waals surface area contributed by atoms with Gasteiger partial charge in [-0.3, -0.25) is 4.79 Å². The molecule has 7 heteroatoms. The fraction of sp³-hybridized carbons (Fsp3) is 0.333. The smallest absolute Gasteiger partial charge is 0.319 e. The number of carbonyl (C=O) groups is 2. The maximum absolute atomic E-state index is 12.2. The molecule has 0 aliphatic heterocycles. The molecule has 2 aromatic carbocycles. The Morgan fingerprint density at radius 3 is 2.54 bits per heavy atom. The van der Waals surface area contributed by atoms with Crippen molar-refractivity contribution in [3.8, 4) is 5.75 Å². The van der Waals surface area contributed by atoms with E-state index in [0.29, 0.717) is 29.4 Å². The van der Waals surface area contributed by atoms with Crippen LogP contribution in [0.1, 0.15) is 34.3 Å². The summed E-state index contributed by atoms with van der Waals surface area (Å²) in [5.74, 6) is 0.618. The first-order valence-corrected chi connectivity index (χ1v) is 9.66. The number of rotatable bonds is 7. The summed E-state index contributed by atoms with van der Waals surface area (Å²) < 4.78 is 5.76. The molecule has 1 aliphatic carbocycles. The number of benzene rings is 2. The Kier molecular flexibility index (Phi) is 6.41. The molecule has 28 heavy (non-hydrogen) atoms. The Labute approximate surface area is 169 Å². The maximum Gasteiger partial charge on any atom is 0.319 e. The first kappa shape index (κ1) is 20.0. The third-order valence-electron chi connectivity index (χ3n) is 4.42. The molecule has 1 fully saturated rings. The van der Waals surface area contributed by atoms with Gasteiger partial charge in [-0.1, -0.05) is 29.8 Å². The zero-order valence-corrected chi connectivity index (χ0v) is 16.7. The quantitative estimate of drug-likeness (QED) is 0.612. The third-order valence-corrected chi connectivity index (χ3v) is 4.75. The Morgan fingerprint density at radius 2 is 1.86 bits per heavy atom. The van der Waals surface area contributed by atoms with Crippen LogP contribution in [0, 0.1) is 13.8 Å². The summed E-state index contributed by atoms with van der Waals surface area (Å²) in [5, 5.41) is 8.69. The van der Waals surface area contributed by atoms with Gasteiger partial charge in [0.1, 0.15) is 12.4 Å². The normalized spacial score (nSPS) is 13.0. The van der Waals surface area contributed by atoms with E-state index in [1.807, 2.05) is 32.0 Å². The summed E-state index contributed by atoms with van der Waals surface area (Å²) in [6.07, 6.45) is 1.99. The number of halogens is 1. The van der Waals surface area contributed by atoms with Crippen LogP contribution in [0.3, 0.4) is 0 Å². The lowest BCUT2D eigenvalue weighted by atomic mass is 10.1. The molecule has 0 bridgehead atoms. The van der Waals surface area contributed by atoms with E-state index in [9.17, 15) is 9.59 Å². The summed E-state index contributed by atoms with van der Waals surface area (Å²) in [5.41, 5.74) is 2.97. The van der Waals surface area contributed by atoms with Crippen LogP contribution < -0.4 is 20.7 Å². The lowest BCUT2D eigenvalue weighted by Gasteiger charge is -2.13. The zero-order valence-electron chi connectivity index (χ0n) is 16.0. The standard InChI is InChI=1S/C21H24ClN3O3/c1-13-4-3-5-14(2)19(13)28-11-10-23-21(27)25-16-8-9-18(22)17(12-16)20(26)24-15-6-7-15/h3-5,8-9,12,15H,6-7,10-11H2,1-2H3,(H,24,26)(H2,23,25,27). The number of urea groups is 1. The van der Waals surface area contributed by atoms with Gasteiger partial charge in [0.05, 0.1) is 17.1 Å². The topological polar surface area (TPSA) is 79.5 Å². The van der Waals surface area contributed by atoms with Crippen LogP contribution in [0.15, 0.2) is 36.4 Å². The summed E-state index contributed by atoms with van der Waals surface area (Å²) in [6, 6.07) is 10.6. The number of anilines is 1. The molecular weight excluding hydrogens is 378 g/mol.